The molecule has 0 saturated carbocycles. The van der Waals surface area contributed by atoms with E-state index in [0.717, 1.165) is 5.56 Å². The van der Waals surface area contributed by atoms with Crippen LogP contribution in [-0.4, -0.2) is 26.5 Å². The van der Waals surface area contributed by atoms with Gasteiger partial charge < -0.3 is 18.6 Å². The largest absolute Gasteiger partial charge is 0.493 e. The summed E-state index contributed by atoms with van der Waals surface area (Å²) in [4.78, 5) is 36.0. The number of hydrogen-bond donors (Lipinski definition) is 0. The van der Waals surface area contributed by atoms with Crippen LogP contribution in [0, 0.1) is 6.92 Å². The van der Waals surface area contributed by atoms with Gasteiger partial charge in [0.25, 0.3) is 0 Å². The van der Waals surface area contributed by atoms with Gasteiger partial charge in [0.1, 0.15) is 17.8 Å². The van der Waals surface area contributed by atoms with E-state index in [4.69, 9.17) is 30.2 Å². The molecule has 0 saturated heterocycles. The van der Waals surface area contributed by atoms with Crippen molar-refractivity contribution >= 4 is 34.8 Å². The van der Waals surface area contributed by atoms with Gasteiger partial charge in [0.15, 0.2) is 17.8 Å². The first-order valence-corrected chi connectivity index (χ1v) is 8.87. The Morgan fingerprint density at radius 3 is 2.59 bits per heavy atom. The zero-order valence-electron chi connectivity index (χ0n) is 15.9. The first-order chi connectivity index (χ1) is 13.9. The molecule has 150 valence electrons. The monoisotopic (exact) mass is 416 g/mol. The molecule has 2 aromatic carbocycles. The molecule has 3 aromatic rings. The van der Waals surface area contributed by atoms with Gasteiger partial charge in [-0.3, -0.25) is 4.79 Å². The van der Waals surface area contributed by atoms with Gasteiger partial charge in [0.2, 0.25) is 0 Å². The summed E-state index contributed by atoms with van der Waals surface area (Å²) in [5.74, 6) is -0.446. The predicted molar refractivity (Wildman–Crippen MR) is 106 cm³/mol. The normalized spacial score (nSPS) is 10.6. The summed E-state index contributed by atoms with van der Waals surface area (Å²) in [5.41, 5.74) is 0.928. The molecule has 3 rings (SSSR count). The van der Waals surface area contributed by atoms with Gasteiger partial charge in [-0.25, -0.2) is 9.59 Å². The van der Waals surface area contributed by atoms with Crippen LogP contribution in [0.4, 0.5) is 0 Å². The Balaban J connectivity index is 1.99. The van der Waals surface area contributed by atoms with Crippen LogP contribution in [0.2, 0.25) is 5.02 Å². The van der Waals surface area contributed by atoms with E-state index in [2.05, 4.69) is 0 Å². The molecule has 0 atom stereocenters. The molecule has 0 radical (unpaired) electrons. The number of rotatable bonds is 6. The topological polar surface area (TPSA) is 92.0 Å². The lowest BCUT2D eigenvalue weighted by molar-refractivity contribution is 0.0467. The number of ether oxygens (including phenoxy) is 3. The van der Waals surface area contributed by atoms with Gasteiger partial charge in [-0.05, 0) is 36.8 Å². The average Bonchev–Trinajstić information content (AvgIpc) is 2.71. The van der Waals surface area contributed by atoms with Crippen molar-refractivity contribution in [1.82, 2.24) is 0 Å². The fourth-order valence-electron chi connectivity index (χ4n) is 2.93. The molecule has 0 aliphatic rings. The third-order valence-electron chi connectivity index (χ3n) is 4.38. The summed E-state index contributed by atoms with van der Waals surface area (Å²) in [6.45, 7) is 1.55. The quantitative estimate of drug-likeness (QED) is 0.341. The highest BCUT2D eigenvalue weighted by molar-refractivity contribution is 6.32. The molecule has 0 N–H and O–H groups in total. The van der Waals surface area contributed by atoms with E-state index in [1.807, 2.05) is 0 Å². The minimum atomic E-state index is -0.803. The number of esters is 1. The Labute approximate surface area is 170 Å². The van der Waals surface area contributed by atoms with Crippen LogP contribution < -0.4 is 15.1 Å². The van der Waals surface area contributed by atoms with E-state index in [-0.39, 0.29) is 29.2 Å². The zero-order valence-corrected chi connectivity index (χ0v) is 16.7. The Bertz CT molecular complexity index is 1160. The van der Waals surface area contributed by atoms with Gasteiger partial charge >= 0.3 is 11.6 Å². The summed E-state index contributed by atoms with van der Waals surface area (Å²) in [6.07, 6.45) is 0.521. The molecule has 0 bridgehead atoms. The van der Waals surface area contributed by atoms with Crippen molar-refractivity contribution in [2.75, 3.05) is 14.2 Å². The number of carbonyl (C=O) groups excluding carboxylic acids is 2. The van der Waals surface area contributed by atoms with E-state index in [9.17, 15) is 14.4 Å². The van der Waals surface area contributed by atoms with Crippen LogP contribution in [0.15, 0.2) is 39.5 Å². The molecule has 1 heterocycles. The number of aryl methyl sites for hydroxylation is 1. The number of benzene rings is 2. The Hall–Kier alpha value is -3.32. The van der Waals surface area contributed by atoms with Crippen LogP contribution in [0.5, 0.6) is 11.5 Å². The van der Waals surface area contributed by atoms with Crippen LogP contribution in [0.25, 0.3) is 11.0 Å². The second kappa shape index (κ2) is 8.36. The van der Waals surface area contributed by atoms with Crippen molar-refractivity contribution in [3.05, 3.63) is 68.0 Å². The molecule has 29 heavy (non-hydrogen) atoms. The van der Waals surface area contributed by atoms with Crippen LogP contribution in [0.3, 0.4) is 0 Å². The Morgan fingerprint density at radius 1 is 1.17 bits per heavy atom. The van der Waals surface area contributed by atoms with E-state index < -0.39 is 11.6 Å². The maximum atomic E-state index is 12.7. The molecule has 8 heteroatoms. The van der Waals surface area contributed by atoms with Gasteiger partial charge in [-0.2, -0.15) is 0 Å². The number of halogens is 1. The number of aldehydes is 1. The summed E-state index contributed by atoms with van der Waals surface area (Å²) in [6, 6.07) is 7.45. The molecular formula is C21H17ClO7. The third kappa shape index (κ3) is 3.95. The first kappa shape index (κ1) is 20.4. The van der Waals surface area contributed by atoms with Crippen LogP contribution in [0.1, 0.15) is 31.8 Å². The highest BCUT2D eigenvalue weighted by Crippen LogP contribution is 2.34. The molecule has 0 fully saturated rings. The van der Waals surface area contributed by atoms with Crippen molar-refractivity contribution < 1.29 is 28.2 Å². The molecule has 0 unspecified atom stereocenters. The lowest BCUT2D eigenvalue weighted by Gasteiger charge is -2.14. The Morgan fingerprint density at radius 2 is 1.93 bits per heavy atom. The summed E-state index contributed by atoms with van der Waals surface area (Å²) in [7, 11) is 2.76. The molecule has 0 spiro atoms. The third-order valence-corrected chi connectivity index (χ3v) is 4.78. The molecule has 0 aliphatic heterocycles. The summed E-state index contributed by atoms with van der Waals surface area (Å²) in [5, 5.41) is 1.03. The molecular weight excluding hydrogens is 400 g/mol. The lowest BCUT2D eigenvalue weighted by atomic mass is 10.1. The van der Waals surface area contributed by atoms with Gasteiger partial charge in [0, 0.05) is 27.6 Å². The fraction of sp³-hybridized carbons (Fsp3) is 0.190. The zero-order chi connectivity index (χ0) is 21.1. The van der Waals surface area contributed by atoms with E-state index in [0.29, 0.717) is 27.8 Å². The minimum absolute atomic E-state index is 0.0667. The maximum Gasteiger partial charge on any atom is 0.343 e. The van der Waals surface area contributed by atoms with E-state index in [1.165, 1.54) is 32.4 Å². The number of hydrogen-bond acceptors (Lipinski definition) is 7. The molecule has 7 nitrogen and oxygen atoms in total. The highest BCUT2D eigenvalue weighted by atomic mass is 35.5. The number of carbonyl (C=O) groups is 2. The van der Waals surface area contributed by atoms with Crippen molar-refractivity contribution in [3.8, 4) is 11.5 Å². The Kier molecular flexibility index (Phi) is 5.89. The van der Waals surface area contributed by atoms with Crippen molar-refractivity contribution in [2.45, 2.75) is 13.5 Å². The van der Waals surface area contributed by atoms with Crippen molar-refractivity contribution in [3.63, 3.8) is 0 Å². The minimum Gasteiger partial charge on any atom is -0.493 e. The van der Waals surface area contributed by atoms with Crippen molar-refractivity contribution in [2.24, 2.45) is 0 Å². The van der Waals surface area contributed by atoms with Gasteiger partial charge in [-0.15, -0.1) is 0 Å². The van der Waals surface area contributed by atoms with Gasteiger partial charge in [-0.1, -0.05) is 11.6 Å². The SMILES string of the molecule is COc1ccc(C=O)c(C(=O)OCc2cc(=O)oc3cc(C)c(Cl)cc23)c1OC. The second-order valence-corrected chi connectivity index (χ2v) is 6.55. The number of methoxy groups -OCH3 is 2. The standard InChI is InChI=1S/C21H17ClO7/c1-11-6-17-14(8-15(11)22)13(7-18(24)29-17)10-28-21(25)19-12(9-23)4-5-16(26-2)20(19)27-3/h4-9H,10H2,1-3H3. The lowest BCUT2D eigenvalue weighted by Crippen LogP contribution is -2.12. The summed E-state index contributed by atoms with van der Waals surface area (Å²) >= 11 is 6.17. The van der Waals surface area contributed by atoms with Crippen LogP contribution in [-0.2, 0) is 11.3 Å². The van der Waals surface area contributed by atoms with E-state index >= 15 is 0 Å². The van der Waals surface area contributed by atoms with Crippen molar-refractivity contribution in [1.29, 1.82) is 0 Å². The smallest absolute Gasteiger partial charge is 0.343 e. The predicted octanol–water partition coefficient (Wildman–Crippen LogP) is 3.94. The molecule has 0 aliphatic carbocycles. The highest BCUT2D eigenvalue weighted by Gasteiger charge is 2.23. The van der Waals surface area contributed by atoms with Crippen LogP contribution >= 0.6 is 11.6 Å². The second-order valence-electron chi connectivity index (χ2n) is 6.15. The van der Waals surface area contributed by atoms with Gasteiger partial charge in [0.05, 0.1) is 14.2 Å². The first-order valence-electron chi connectivity index (χ1n) is 8.49. The molecule has 1 aromatic heterocycles. The average molecular weight is 417 g/mol. The maximum absolute atomic E-state index is 12.7. The molecule has 0 amide bonds. The van der Waals surface area contributed by atoms with E-state index in [1.54, 1.807) is 19.1 Å². The summed E-state index contributed by atoms with van der Waals surface area (Å²) < 4.78 is 21.0. The fourth-order valence-corrected chi connectivity index (χ4v) is 3.10. The number of fused-ring (bicyclic) bond motifs is 1.